The Labute approximate surface area is 166 Å². The Morgan fingerprint density at radius 2 is 1.97 bits per heavy atom. The Morgan fingerprint density at radius 1 is 1.10 bits per heavy atom. The summed E-state index contributed by atoms with van der Waals surface area (Å²) in [5, 5.41) is 1.06. The van der Waals surface area contributed by atoms with Crippen LogP contribution in [0.25, 0.3) is 27.8 Å². The number of aldehydes is 1. The highest BCUT2D eigenvalue weighted by Crippen LogP contribution is 2.37. The second-order valence-electron chi connectivity index (χ2n) is 6.52. The zero-order valence-electron chi connectivity index (χ0n) is 15.7. The van der Waals surface area contributed by atoms with Gasteiger partial charge in [0.25, 0.3) is 0 Å². The molecule has 7 nitrogen and oxygen atoms in total. The van der Waals surface area contributed by atoms with Gasteiger partial charge in [-0.3, -0.25) is 9.36 Å². The second-order valence-corrected chi connectivity index (χ2v) is 6.52. The molecule has 2 aromatic carbocycles. The quantitative estimate of drug-likeness (QED) is 0.497. The first-order chi connectivity index (χ1) is 14.3. The number of carbonyl (C=O) groups excluding carboxylic acids is 1. The number of rotatable bonds is 4. The molecular weight excluding hydrogens is 370 g/mol. The maximum atomic E-state index is 11.1. The normalized spacial score (nSPS) is 12.7. The monoisotopic (exact) mass is 387 g/mol. The van der Waals surface area contributed by atoms with E-state index in [0.29, 0.717) is 25.3 Å². The Balaban J connectivity index is 1.63. The predicted octanol–water partition coefficient (Wildman–Crippen LogP) is 3.68. The van der Waals surface area contributed by atoms with Crippen molar-refractivity contribution in [2.75, 3.05) is 20.3 Å². The lowest BCUT2D eigenvalue weighted by molar-refractivity contribution is 0.111. The molecule has 0 bridgehead atoms. The molecule has 5 rings (SSSR count). The SMILES string of the molecule is COc1nc(-n2ccc3c(-c4ccc5c(c4)OCCO5)cccc32)cnc1C=O. The molecule has 0 amide bonds. The van der Waals surface area contributed by atoms with Gasteiger partial charge in [-0.15, -0.1) is 0 Å². The Kier molecular flexibility index (Phi) is 4.13. The van der Waals surface area contributed by atoms with E-state index in [9.17, 15) is 4.79 Å². The van der Waals surface area contributed by atoms with Gasteiger partial charge < -0.3 is 14.2 Å². The van der Waals surface area contributed by atoms with Gasteiger partial charge in [-0.1, -0.05) is 18.2 Å². The van der Waals surface area contributed by atoms with Crippen LogP contribution in [0.1, 0.15) is 10.5 Å². The average molecular weight is 387 g/mol. The van der Waals surface area contributed by atoms with E-state index in [-0.39, 0.29) is 11.6 Å². The number of hydrogen-bond acceptors (Lipinski definition) is 6. The molecule has 1 aliphatic heterocycles. The molecule has 0 fully saturated rings. The van der Waals surface area contributed by atoms with Crippen LogP contribution in [0.5, 0.6) is 17.4 Å². The smallest absolute Gasteiger partial charge is 0.245 e. The minimum absolute atomic E-state index is 0.171. The molecule has 4 aromatic rings. The summed E-state index contributed by atoms with van der Waals surface area (Å²) >= 11 is 0. The molecule has 0 radical (unpaired) electrons. The highest BCUT2D eigenvalue weighted by Gasteiger charge is 2.16. The molecule has 3 heterocycles. The molecule has 2 aromatic heterocycles. The Morgan fingerprint density at radius 3 is 2.79 bits per heavy atom. The van der Waals surface area contributed by atoms with Crippen molar-refractivity contribution in [3.8, 4) is 34.3 Å². The van der Waals surface area contributed by atoms with E-state index in [0.717, 1.165) is 33.5 Å². The van der Waals surface area contributed by atoms with Crippen molar-refractivity contribution in [1.29, 1.82) is 0 Å². The van der Waals surface area contributed by atoms with Crippen LogP contribution in [0, 0.1) is 0 Å². The number of benzene rings is 2. The summed E-state index contributed by atoms with van der Waals surface area (Å²) in [6, 6.07) is 14.1. The standard InChI is InChI=1S/C22H17N3O4/c1-27-22-17(13-26)23-12-21(24-22)25-8-7-16-15(3-2-4-18(16)25)14-5-6-19-20(11-14)29-10-9-28-19/h2-8,11-13H,9-10H2,1H3. The lowest BCUT2D eigenvalue weighted by Gasteiger charge is -2.19. The molecule has 144 valence electrons. The van der Waals surface area contributed by atoms with Gasteiger partial charge in [0.05, 0.1) is 18.8 Å². The van der Waals surface area contributed by atoms with E-state index in [2.05, 4.69) is 16.0 Å². The summed E-state index contributed by atoms with van der Waals surface area (Å²) in [4.78, 5) is 19.7. The summed E-state index contributed by atoms with van der Waals surface area (Å²) in [6.45, 7) is 1.12. The highest BCUT2D eigenvalue weighted by atomic mass is 16.6. The fraction of sp³-hybridized carbons (Fsp3) is 0.136. The first-order valence-corrected chi connectivity index (χ1v) is 9.15. The molecule has 0 unspecified atom stereocenters. The zero-order chi connectivity index (χ0) is 19.8. The number of carbonyl (C=O) groups is 1. The number of nitrogens with zero attached hydrogens (tertiary/aromatic N) is 3. The van der Waals surface area contributed by atoms with Gasteiger partial charge >= 0.3 is 0 Å². The average Bonchev–Trinajstić information content (AvgIpc) is 3.22. The van der Waals surface area contributed by atoms with Crippen LogP contribution in [0.3, 0.4) is 0 Å². The van der Waals surface area contributed by atoms with Gasteiger partial charge in [0.2, 0.25) is 5.88 Å². The van der Waals surface area contributed by atoms with Crippen LogP contribution in [0.15, 0.2) is 54.9 Å². The molecule has 0 saturated carbocycles. The zero-order valence-corrected chi connectivity index (χ0v) is 15.7. The molecular formula is C22H17N3O4. The molecule has 0 saturated heterocycles. The van der Waals surface area contributed by atoms with Gasteiger partial charge in [0, 0.05) is 11.6 Å². The summed E-state index contributed by atoms with van der Waals surface area (Å²) in [5.74, 6) is 2.29. The van der Waals surface area contributed by atoms with E-state index in [1.54, 1.807) is 6.20 Å². The highest BCUT2D eigenvalue weighted by molar-refractivity contribution is 5.96. The van der Waals surface area contributed by atoms with Crippen LogP contribution in [0.4, 0.5) is 0 Å². The van der Waals surface area contributed by atoms with Crippen LogP contribution in [-0.2, 0) is 0 Å². The van der Waals surface area contributed by atoms with Crippen molar-refractivity contribution in [3.63, 3.8) is 0 Å². The third-order valence-electron chi connectivity index (χ3n) is 4.89. The number of aromatic nitrogens is 3. The van der Waals surface area contributed by atoms with E-state index in [4.69, 9.17) is 14.2 Å². The fourth-order valence-electron chi connectivity index (χ4n) is 3.55. The van der Waals surface area contributed by atoms with Crippen molar-refractivity contribution in [2.24, 2.45) is 0 Å². The Bertz CT molecular complexity index is 1230. The largest absolute Gasteiger partial charge is 0.486 e. The van der Waals surface area contributed by atoms with Gasteiger partial charge in [-0.2, -0.15) is 4.98 Å². The molecule has 0 spiro atoms. The molecule has 0 atom stereocenters. The molecule has 0 aliphatic carbocycles. The van der Waals surface area contributed by atoms with E-state index >= 15 is 0 Å². The van der Waals surface area contributed by atoms with Crippen LogP contribution < -0.4 is 14.2 Å². The van der Waals surface area contributed by atoms with Gasteiger partial charge in [0.1, 0.15) is 13.2 Å². The number of fused-ring (bicyclic) bond motifs is 2. The van der Waals surface area contributed by atoms with Crippen LogP contribution in [-0.4, -0.2) is 41.1 Å². The van der Waals surface area contributed by atoms with Crippen molar-refractivity contribution in [1.82, 2.24) is 14.5 Å². The maximum absolute atomic E-state index is 11.1. The number of methoxy groups -OCH3 is 1. The van der Waals surface area contributed by atoms with Crippen molar-refractivity contribution >= 4 is 17.2 Å². The predicted molar refractivity (Wildman–Crippen MR) is 107 cm³/mol. The molecule has 0 N–H and O–H groups in total. The molecule has 29 heavy (non-hydrogen) atoms. The third-order valence-corrected chi connectivity index (χ3v) is 4.89. The van der Waals surface area contributed by atoms with Gasteiger partial charge in [-0.25, -0.2) is 4.98 Å². The fourth-order valence-corrected chi connectivity index (χ4v) is 3.55. The first-order valence-electron chi connectivity index (χ1n) is 9.15. The van der Waals surface area contributed by atoms with Crippen LogP contribution in [0.2, 0.25) is 0 Å². The van der Waals surface area contributed by atoms with E-state index in [1.807, 2.05) is 47.2 Å². The van der Waals surface area contributed by atoms with Gasteiger partial charge in [0.15, 0.2) is 29.3 Å². The van der Waals surface area contributed by atoms with Crippen molar-refractivity contribution in [2.45, 2.75) is 0 Å². The molecule has 7 heteroatoms. The number of ether oxygens (including phenoxy) is 3. The lowest BCUT2D eigenvalue weighted by Crippen LogP contribution is -2.15. The van der Waals surface area contributed by atoms with E-state index in [1.165, 1.54) is 7.11 Å². The van der Waals surface area contributed by atoms with Gasteiger partial charge in [-0.05, 0) is 35.4 Å². The van der Waals surface area contributed by atoms with Crippen molar-refractivity contribution < 1.29 is 19.0 Å². The summed E-state index contributed by atoms with van der Waals surface area (Å²) < 4.78 is 18.5. The summed E-state index contributed by atoms with van der Waals surface area (Å²) in [6.07, 6.45) is 4.11. The molecule has 1 aliphatic rings. The maximum Gasteiger partial charge on any atom is 0.245 e. The minimum Gasteiger partial charge on any atom is -0.486 e. The topological polar surface area (TPSA) is 75.5 Å². The first kappa shape index (κ1) is 17.2. The Hall–Kier alpha value is -3.87. The third kappa shape index (κ3) is 2.87. The summed E-state index contributed by atoms with van der Waals surface area (Å²) in [7, 11) is 1.47. The second kappa shape index (κ2) is 6.94. The van der Waals surface area contributed by atoms with Crippen molar-refractivity contribution in [3.05, 3.63) is 60.6 Å². The number of hydrogen-bond donors (Lipinski definition) is 0. The van der Waals surface area contributed by atoms with Crippen LogP contribution >= 0.6 is 0 Å². The lowest BCUT2D eigenvalue weighted by atomic mass is 10.0. The summed E-state index contributed by atoms with van der Waals surface area (Å²) in [5.41, 5.74) is 3.25. The minimum atomic E-state index is 0.171. The van der Waals surface area contributed by atoms with E-state index < -0.39 is 0 Å².